The van der Waals surface area contributed by atoms with Crippen LogP contribution in [0.1, 0.15) is 67.2 Å². The summed E-state index contributed by atoms with van der Waals surface area (Å²) in [5.74, 6) is -2.06. The van der Waals surface area contributed by atoms with Gasteiger partial charge in [0, 0.05) is 29.8 Å². The fraction of sp³-hybridized carbons (Fsp3) is 0.389. The maximum atomic E-state index is 15.5. The molecule has 9 nitrogen and oxygen atoms in total. The number of hydrogen-bond donors (Lipinski definition) is 3. The number of sulfone groups is 1. The van der Waals surface area contributed by atoms with Gasteiger partial charge in [0.25, 0.3) is 0 Å². The standard InChI is InChI=1S/C36H39FN4O5S2/c37-29-20-30-31(19-28(29)25-12-14-26(15-13-25)39-32(42)18-11-23-7-3-1-4-8-23)47-36(41-30)34(35(44)38-21-33(43)40-27-16-17-27)48(45,46)22-24-9-5-2-6-10-24/h1,3-4,7-8,12-15,19-20,24,27,34H,2,5-6,9-11,16-18,21-22H2,(H,38,44)(H,39,42)(H,40,43). The predicted molar refractivity (Wildman–Crippen MR) is 186 cm³/mol. The van der Waals surface area contributed by atoms with Gasteiger partial charge < -0.3 is 16.0 Å². The summed E-state index contributed by atoms with van der Waals surface area (Å²) in [5, 5.41) is 6.62. The average Bonchev–Trinajstić information content (AvgIpc) is 3.80. The van der Waals surface area contributed by atoms with E-state index in [2.05, 4.69) is 20.9 Å². The van der Waals surface area contributed by atoms with Crippen LogP contribution in [0.5, 0.6) is 0 Å². The van der Waals surface area contributed by atoms with Gasteiger partial charge in [0.1, 0.15) is 10.8 Å². The molecule has 0 spiro atoms. The van der Waals surface area contributed by atoms with E-state index < -0.39 is 26.8 Å². The number of aromatic nitrogens is 1. The summed E-state index contributed by atoms with van der Waals surface area (Å²) in [6, 6.07) is 19.5. The zero-order chi connectivity index (χ0) is 33.7. The molecule has 3 N–H and O–H groups in total. The quantitative estimate of drug-likeness (QED) is 0.155. The first-order valence-electron chi connectivity index (χ1n) is 16.5. The Hall–Kier alpha value is -4.16. The van der Waals surface area contributed by atoms with E-state index in [1.807, 2.05) is 30.3 Å². The van der Waals surface area contributed by atoms with Crippen molar-refractivity contribution in [1.82, 2.24) is 15.6 Å². The van der Waals surface area contributed by atoms with Crippen molar-refractivity contribution in [3.8, 4) is 11.1 Å². The van der Waals surface area contributed by atoms with Crippen LogP contribution >= 0.6 is 11.3 Å². The average molecular weight is 691 g/mol. The highest BCUT2D eigenvalue weighted by Gasteiger charge is 2.39. The molecule has 12 heteroatoms. The van der Waals surface area contributed by atoms with Crippen molar-refractivity contribution in [2.24, 2.45) is 5.92 Å². The summed E-state index contributed by atoms with van der Waals surface area (Å²) in [5.41, 5.74) is 2.75. The lowest BCUT2D eigenvalue weighted by Crippen LogP contribution is -2.42. The van der Waals surface area contributed by atoms with Crippen LogP contribution in [0.15, 0.2) is 66.7 Å². The monoisotopic (exact) mass is 690 g/mol. The molecule has 1 atom stereocenters. The van der Waals surface area contributed by atoms with Crippen LogP contribution in [-0.4, -0.2) is 49.5 Å². The molecule has 1 aromatic heterocycles. The Morgan fingerprint density at radius 3 is 2.35 bits per heavy atom. The van der Waals surface area contributed by atoms with Gasteiger partial charge in [-0.25, -0.2) is 17.8 Å². The van der Waals surface area contributed by atoms with Crippen LogP contribution in [0.2, 0.25) is 0 Å². The molecule has 2 aliphatic carbocycles. The Labute approximate surface area is 283 Å². The summed E-state index contributed by atoms with van der Waals surface area (Å²) in [7, 11) is -4.01. The third-order valence-corrected chi connectivity index (χ3v) is 12.2. The molecular formula is C36H39FN4O5S2. The Balaban J connectivity index is 1.20. The number of carbonyl (C=O) groups is 3. The molecule has 0 aliphatic heterocycles. The van der Waals surface area contributed by atoms with Crippen LogP contribution < -0.4 is 16.0 Å². The lowest BCUT2D eigenvalue weighted by Gasteiger charge is -2.23. The van der Waals surface area contributed by atoms with Crippen LogP contribution in [0.25, 0.3) is 21.3 Å². The van der Waals surface area contributed by atoms with E-state index in [4.69, 9.17) is 0 Å². The number of aryl methyl sites for hydroxylation is 1. The Bertz CT molecular complexity index is 1890. The van der Waals surface area contributed by atoms with E-state index >= 15 is 4.39 Å². The fourth-order valence-corrected chi connectivity index (χ4v) is 9.64. The highest BCUT2D eigenvalue weighted by atomic mass is 32.2. The SMILES string of the molecule is O=C(CCc1ccccc1)Nc1ccc(-c2cc3sc(C(C(=O)NCC(=O)NC4CC4)S(=O)(=O)CC4CCCCC4)nc3cc2F)cc1. The molecule has 252 valence electrons. The topological polar surface area (TPSA) is 134 Å². The van der Waals surface area contributed by atoms with Gasteiger partial charge in [0.2, 0.25) is 17.7 Å². The largest absolute Gasteiger partial charge is 0.352 e. The lowest BCUT2D eigenvalue weighted by molar-refractivity contribution is -0.126. The molecule has 48 heavy (non-hydrogen) atoms. The van der Waals surface area contributed by atoms with Crippen molar-refractivity contribution >= 4 is 54.8 Å². The molecule has 2 aliphatic rings. The lowest BCUT2D eigenvalue weighted by atomic mass is 9.91. The van der Waals surface area contributed by atoms with Gasteiger partial charge in [-0.2, -0.15) is 0 Å². The van der Waals surface area contributed by atoms with Crippen molar-refractivity contribution in [3.63, 3.8) is 0 Å². The number of anilines is 1. The predicted octanol–water partition coefficient (Wildman–Crippen LogP) is 6.10. The van der Waals surface area contributed by atoms with Crippen molar-refractivity contribution in [3.05, 3.63) is 83.1 Å². The number of fused-ring (bicyclic) bond motifs is 1. The molecule has 2 saturated carbocycles. The molecular weight excluding hydrogens is 652 g/mol. The molecule has 0 saturated heterocycles. The van der Waals surface area contributed by atoms with Crippen LogP contribution in [0, 0.1) is 11.7 Å². The van der Waals surface area contributed by atoms with E-state index in [0.717, 1.165) is 61.8 Å². The molecule has 4 aromatic rings. The number of nitrogens with zero attached hydrogens (tertiary/aromatic N) is 1. The Morgan fingerprint density at radius 1 is 0.917 bits per heavy atom. The number of benzene rings is 3. The third-order valence-electron chi connectivity index (χ3n) is 8.84. The second-order valence-electron chi connectivity index (χ2n) is 12.7. The minimum Gasteiger partial charge on any atom is -0.352 e. The fourth-order valence-electron chi connectivity index (χ4n) is 6.13. The molecule has 0 radical (unpaired) electrons. The summed E-state index contributed by atoms with van der Waals surface area (Å²) < 4.78 is 43.6. The number of thiazole rings is 1. The maximum absolute atomic E-state index is 15.5. The Morgan fingerprint density at radius 2 is 1.65 bits per heavy atom. The van der Waals surface area contributed by atoms with Gasteiger partial charge in [-0.3, -0.25) is 14.4 Å². The highest BCUT2D eigenvalue weighted by Crippen LogP contribution is 2.37. The summed E-state index contributed by atoms with van der Waals surface area (Å²) in [6.45, 7) is -0.335. The first-order valence-corrected chi connectivity index (χ1v) is 19.0. The number of nitrogens with one attached hydrogen (secondary N) is 3. The highest BCUT2D eigenvalue weighted by molar-refractivity contribution is 7.92. The van der Waals surface area contributed by atoms with Crippen molar-refractivity contribution in [1.29, 1.82) is 0 Å². The van der Waals surface area contributed by atoms with Crippen LogP contribution in [-0.2, 0) is 30.6 Å². The van der Waals surface area contributed by atoms with E-state index in [1.54, 1.807) is 30.3 Å². The maximum Gasteiger partial charge on any atom is 0.245 e. The van der Waals surface area contributed by atoms with Gasteiger partial charge >= 0.3 is 0 Å². The zero-order valence-corrected chi connectivity index (χ0v) is 28.2. The molecule has 3 aromatic carbocycles. The van der Waals surface area contributed by atoms with Gasteiger partial charge in [0.15, 0.2) is 15.1 Å². The van der Waals surface area contributed by atoms with Crippen LogP contribution in [0.4, 0.5) is 10.1 Å². The molecule has 1 heterocycles. The van der Waals surface area contributed by atoms with E-state index in [1.165, 1.54) is 6.07 Å². The smallest absolute Gasteiger partial charge is 0.245 e. The minimum atomic E-state index is -4.01. The number of halogens is 1. The van der Waals surface area contributed by atoms with E-state index in [-0.39, 0.29) is 52.2 Å². The first-order chi connectivity index (χ1) is 23.1. The van der Waals surface area contributed by atoms with E-state index in [9.17, 15) is 22.8 Å². The van der Waals surface area contributed by atoms with Gasteiger partial charge in [-0.1, -0.05) is 61.7 Å². The summed E-state index contributed by atoms with van der Waals surface area (Å²) >= 11 is 1.03. The van der Waals surface area contributed by atoms with Crippen molar-refractivity contribution in [2.75, 3.05) is 17.6 Å². The third kappa shape index (κ3) is 8.65. The minimum absolute atomic E-state index is 0.0472. The molecule has 3 amide bonds. The van der Waals surface area contributed by atoms with Gasteiger partial charge in [-0.15, -0.1) is 11.3 Å². The number of rotatable bonds is 13. The Kier molecular flexibility index (Phi) is 10.5. The van der Waals surface area contributed by atoms with Crippen LogP contribution in [0.3, 0.4) is 0 Å². The normalized spacial score (nSPS) is 15.9. The first kappa shape index (κ1) is 33.7. The van der Waals surface area contributed by atoms with E-state index in [0.29, 0.717) is 28.8 Å². The second kappa shape index (κ2) is 14.9. The number of hydrogen-bond acceptors (Lipinski definition) is 7. The molecule has 1 unspecified atom stereocenters. The van der Waals surface area contributed by atoms with Crippen molar-refractivity contribution < 1.29 is 27.2 Å². The number of carbonyl (C=O) groups excluding carboxylic acids is 3. The molecule has 2 fully saturated rings. The van der Waals surface area contributed by atoms with Crippen molar-refractivity contribution in [2.45, 2.75) is 69.1 Å². The van der Waals surface area contributed by atoms with Gasteiger partial charge in [-0.05, 0) is 67.3 Å². The summed E-state index contributed by atoms with van der Waals surface area (Å²) in [4.78, 5) is 42.7. The molecule has 6 rings (SSSR count). The van der Waals surface area contributed by atoms with Gasteiger partial charge in [0.05, 0.1) is 22.5 Å². The molecule has 0 bridgehead atoms. The summed E-state index contributed by atoms with van der Waals surface area (Å²) in [6.07, 6.45) is 7.24. The zero-order valence-electron chi connectivity index (χ0n) is 26.5. The number of amides is 3. The second-order valence-corrected chi connectivity index (χ2v) is 15.9.